The van der Waals surface area contributed by atoms with Gasteiger partial charge >= 0.3 is 0 Å². The number of carbonyl (C=O) groups excluding carboxylic acids is 1. The maximum Gasteiger partial charge on any atom is 0.261 e. The zero-order valence-corrected chi connectivity index (χ0v) is 12.1. The number of hydrogen-bond donors (Lipinski definition) is 2. The van der Waals surface area contributed by atoms with E-state index >= 15 is 0 Å². The number of oxime groups is 1. The van der Waals surface area contributed by atoms with Gasteiger partial charge in [-0.3, -0.25) is 9.48 Å². The summed E-state index contributed by atoms with van der Waals surface area (Å²) in [7, 11) is 3.45. The zero-order valence-electron chi connectivity index (χ0n) is 12.1. The lowest BCUT2D eigenvalue weighted by atomic mass is 10.1. The number of aromatic nitrogens is 2. The molecule has 7 nitrogen and oxygen atoms in total. The van der Waals surface area contributed by atoms with E-state index in [0.29, 0.717) is 16.8 Å². The van der Waals surface area contributed by atoms with Crippen molar-refractivity contribution in [3.8, 4) is 0 Å². The molecule has 2 rings (SSSR count). The van der Waals surface area contributed by atoms with Gasteiger partial charge in [-0.1, -0.05) is 17.3 Å². The minimum absolute atomic E-state index is 0.00439. The van der Waals surface area contributed by atoms with Gasteiger partial charge in [-0.2, -0.15) is 5.10 Å². The molecule has 0 spiro atoms. The largest absolute Gasteiger partial charge is 0.409 e. The summed E-state index contributed by atoms with van der Waals surface area (Å²) >= 11 is 0. The molecule has 0 aliphatic heterocycles. The van der Waals surface area contributed by atoms with Gasteiger partial charge in [0.25, 0.3) is 5.91 Å². The lowest BCUT2D eigenvalue weighted by Gasteiger charge is -2.17. The van der Waals surface area contributed by atoms with Crippen molar-refractivity contribution < 1.29 is 10.0 Å². The molecular formula is C14H17N5O2. The van der Waals surface area contributed by atoms with Crippen LogP contribution in [0.2, 0.25) is 0 Å². The average molecular weight is 287 g/mol. The van der Waals surface area contributed by atoms with E-state index in [4.69, 9.17) is 10.9 Å². The molecule has 3 N–H and O–H groups in total. The normalized spacial score (nSPS) is 11.5. The minimum atomic E-state index is -0.169. The van der Waals surface area contributed by atoms with E-state index in [-0.39, 0.29) is 11.7 Å². The summed E-state index contributed by atoms with van der Waals surface area (Å²) in [4.78, 5) is 14.0. The highest BCUT2D eigenvalue weighted by atomic mass is 16.4. The first kappa shape index (κ1) is 14.6. The molecular weight excluding hydrogens is 270 g/mol. The lowest BCUT2D eigenvalue weighted by Crippen LogP contribution is -2.27. The molecule has 0 bridgehead atoms. The van der Waals surface area contributed by atoms with Crippen LogP contribution in [0.15, 0.2) is 35.6 Å². The summed E-state index contributed by atoms with van der Waals surface area (Å²) in [6.45, 7) is 1.83. The van der Waals surface area contributed by atoms with Crippen LogP contribution >= 0.6 is 0 Å². The first-order valence-corrected chi connectivity index (χ1v) is 6.30. The van der Waals surface area contributed by atoms with Crippen LogP contribution in [0, 0.1) is 6.92 Å². The zero-order chi connectivity index (χ0) is 15.6. The molecule has 1 aromatic carbocycles. The highest BCUT2D eigenvalue weighted by Crippen LogP contribution is 2.18. The number of carbonyl (C=O) groups is 1. The molecule has 1 amide bonds. The number of amidine groups is 1. The molecule has 7 heteroatoms. The van der Waals surface area contributed by atoms with Crippen molar-refractivity contribution in [3.05, 3.63) is 47.3 Å². The van der Waals surface area contributed by atoms with Gasteiger partial charge in [-0.05, 0) is 19.1 Å². The van der Waals surface area contributed by atoms with Crippen molar-refractivity contribution in [2.75, 3.05) is 11.9 Å². The maximum absolute atomic E-state index is 12.5. The maximum atomic E-state index is 12.5. The van der Waals surface area contributed by atoms with Crippen LogP contribution in [-0.4, -0.2) is 33.8 Å². The number of benzene rings is 1. The number of anilines is 1. The van der Waals surface area contributed by atoms with Gasteiger partial charge in [0.1, 0.15) is 0 Å². The summed E-state index contributed by atoms with van der Waals surface area (Å²) in [6, 6.07) is 6.89. The Morgan fingerprint density at radius 2 is 2.19 bits per heavy atom. The first-order chi connectivity index (χ1) is 9.95. The van der Waals surface area contributed by atoms with Gasteiger partial charge in [0.2, 0.25) is 0 Å². The Hall–Kier alpha value is -2.83. The molecule has 110 valence electrons. The van der Waals surface area contributed by atoms with Crippen molar-refractivity contribution in [3.63, 3.8) is 0 Å². The second kappa shape index (κ2) is 5.66. The fourth-order valence-electron chi connectivity index (χ4n) is 1.94. The Labute approximate surface area is 122 Å². The van der Waals surface area contributed by atoms with E-state index in [1.165, 1.54) is 4.90 Å². The van der Waals surface area contributed by atoms with Gasteiger partial charge in [0.15, 0.2) is 5.84 Å². The van der Waals surface area contributed by atoms with Crippen LogP contribution in [0.3, 0.4) is 0 Å². The molecule has 1 heterocycles. The van der Waals surface area contributed by atoms with E-state index in [1.807, 2.05) is 6.92 Å². The van der Waals surface area contributed by atoms with Gasteiger partial charge < -0.3 is 15.8 Å². The lowest BCUT2D eigenvalue weighted by molar-refractivity contribution is 0.0992. The predicted octanol–water partition coefficient (Wildman–Crippen LogP) is 1.10. The third-order valence-corrected chi connectivity index (χ3v) is 3.41. The van der Waals surface area contributed by atoms with Crippen molar-refractivity contribution >= 4 is 17.4 Å². The quantitative estimate of drug-likeness (QED) is 0.382. The van der Waals surface area contributed by atoms with Crippen molar-refractivity contribution in [1.82, 2.24) is 9.78 Å². The molecule has 2 aromatic rings. The van der Waals surface area contributed by atoms with Crippen LogP contribution in [0.25, 0.3) is 0 Å². The second-order valence-corrected chi connectivity index (χ2v) is 4.67. The number of nitrogens with two attached hydrogens (primary N) is 1. The summed E-state index contributed by atoms with van der Waals surface area (Å²) in [6.07, 6.45) is 1.54. The van der Waals surface area contributed by atoms with Crippen molar-refractivity contribution in [2.45, 2.75) is 6.92 Å². The topological polar surface area (TPSA) is 96.7 Å². The second-order valence-electron chi connectivity index (χ2n) is 4.67. The molecule has 0 unspecified atom stereocenters. The first-order valence-electron chi connectivity index (χ1n) is 6.30. The molecule has 0 atom stereocenters. The third-order valence-electron chi connectivity index (χ3n) is 3.41. The fourth-order valence-corrected chi connectivity index (χ4v) is 1.94. The number of rotatable bonds is 3. The van der Waals surface area contributed by atoms with Gasteiger partial charge in [0.05, 0.1) is 11.8 Å². The fraction of sp³-hybridized carbons (Fsp3) is 0.214. The Morgan fingerprint density at radius 1 is 1.48 bits per heavy atom. The van der Waals surface area contributed by atoms with Crippen LogP contribution in [-0.2, 0) is 7.05 Å². The predicted molar refractivity (Wildman–Crippen MR) is 79.6 cm³/mol. The van der Waals surface area contributed by atoms with Crippen molar-refractivity contribution in [1.29, 1.82) is 0 Å². The number of hydrogen-bond acceptors (Lipinski definition) is 4. The van der Waals surface area contributed by atoms with E-state index < -0.39 is 0 Å². The van der Waals surface area contributed by atoms with E-state index in [9.17, 15) is 4.79 Å². The summed E-state index contributed by atoms with van der Waals surface area (Å²) in [5, 5.41) is 15.7. The van der Waals surface area contributed by atoms with Gasteiger partial charge in [-0.25, -0.2) is 0 Å². The van der Waals surface area contributed by atoms with Crippen LogP contribution in [0.5, 0.6) is 0 Å². The minimum Gasteiger partial charge on any atom is -0.409 e. The monoisotopic (exact) mass is 287 g/mol. The Morgan fingerprint density at radius 3 is 2.76 bits per heavy atom. The van der Waals surface area contributed by atoms with Crippen LogP contribution in [0.1, 0.15) is 21.6 Å². The van der Waals surface area contributed by atoms with E-state index in [2.05, 4.69) is 10.3 Å². The average Bonchev–Trinajstić information content (AvgIpc) is 2.84. The molecule has 0 aliphatic carbocycles. The van der Waals surface area contributed by atoms with Crippen molar-refractivity contribution in [2.24, 2.45) is 17.9 Å². The van der Waals surface area contributed by atoms with Gasteiger partial charge in [0, 0.05) is 31.0 Å². The SMILES string of the molecule is Cc1c(C(=O)N(C)c2cccc(C(N)=NO)c2)cnn1C. The molecule has 0 saturated heterocycles. The third kappa shape index (κ3) is 2.71. The molecule has 0 saturated carbocycles. The molecule has 0 radical (unpaired) electrons. The van der Waals surface area contributed by atoms with Crippen LogP contribution in [0.4, 0.5) is 5.69 Å². The molecule has 1 aromatic heterocycles. The summed E-state index contributed by atoms with van der Waals surface area (Å²) in [5.74, 6) is -0.174. The molecule has 0 fully saturated rings. The molecule has 21 heavy (non-hydrogen) atoms. The smallest absolute Gasteiger partial charge is 0.261 e. The van der Waals surface area contributed by atoms with Gasteiger partial charge in [-0.15, -0.1) is 0 Å². The Kier molecular flexibility index (Phi) is 3.93. The summed E-state index contributed by atoms with van der Waals surface area (Å²) < 4.78 is 1.65. The van der Waals surface area contributed by atoms with E-state index in [1.54, 1.807) is 49.2 Å². The Balaban J connectivity index is 2.34. The number of aryl methyl sites for hydroxylation is 1. The summed E-state index contributed by atoms with van der Waals surface area (Å²) in [5.41, 5.74) is 8.07. The number of nitrogens with zero attached hydrogens (tertiary/aromatic N) is 4. The highest BCUT2D eigenvalue weighted by Gasteiger charge is 2.18. The standard InChI is InChI=1S/C14H17N5O2/c1-9-12(8-16-19(9)3)14(20)18(2)11-6-4-5-10(7-11)13(15)17-21/h4-8,21H,1-3H3,(H2,15,17). The van der Waals surface area contributed by atoms with E-state index in [0.717, 1.165) is 5.69 Å². The molecule has 0 aliphatic rings. The van der Waals surface area contributed by atoms with Crippen LogP contribution < -0.4 is 10.6 Å². The number of amides is 1. The highest BCUT2D eigenvalue weighted by molar-refractivity contribution is 6.07. The Bertz CT molecular complexity index is 705.